The van der Waals surface area contributed by atoms with Crippen molar-refractivity contribution < 1.29 is 32.3 Å². The largest absolute Gasteiger partial charge is 1.00 e. The molecule has 0 aliphatic rings. The number of carbonyl (C=O) groups is 1. The minimum Gasteiger partial charge on any atom is -0.545 e. The molecule has 0 radical (unpaired) electrons. The summed E-state index contributed by atoms with van der Waals surface area (Å²) in [5.41, 5.74) is 6.01. The van der Waals surface area contributed by atoms with Gasteiger partial charge in [0.25, 0.3) is 0 Å². The van der Waals surface area contributed by atoms with Gasteiger partial charge in [0, 0.05) is 5.69 Å². The molecule has 11 heavy (non-hydrogen) atoms. The van der Waals surface area contributed by atoms with Gasteiger partial charge in [-0.25, -0.2) is 0 Å². The average molecular weight is 244 g/mol. The maximum absolute atomic E-state index is 10.2. The van der Waals surface area contributed by atoms with E-state index in [9.17, 15) is 9.90 Å². The van der Waals surface area contributed by atoms with Crippen molar-refractivity contribution in [2.75, 3.05) is 5.73 Å². The minimum absolute atomic E-state index is 0. The van der Waals surface area contributed by atoms with E-state index in [0.29, 0.717) is 5.69 Å². The normalized spacial score (nSPS) is 8.36. The fourth-order valence-corrected chi connectivity index (χ4v) is 0.619. The third-order valence-corrected chi connectivity index (χ3v) is 1.15. The van der Waals surface area contributed by atoms with Crippen molar-refractivity contribution in [1.29, 1.82) is 0 Å². The predicted octanol–water partition coefficient (Wildman–Crippen LogP) is -0.370. The van der Waals surface area contributed by atoms with Crippen LogP contribution in [0.25, 0.3) is 0 Å². The molecule has 0 fully saturated rings. The van der Waals surface area contributed by atoms with E-state index < -0.39 is 5.97 Å². The number of carboxylic acid groups (broad SMARTS) is 1. The standard InChI is InChI=1S/C7H7NO2.Ag/c8-6-3-1-5(2-4-6)7(9)10;/h1-4H,8H2,(H,9,10);/q;+1/p-1. The first kappa shape index (κ1) is 10.2. The Morgan fingerprint density at radius 1 is 1.27 bits per heavy atom. The molecule has 3 nitrogen and oxygen atoms in total. The van der Waals surface area contributed by atoms with Crippen LogP contribution < -0.4 is 10.8 Å². The molecule has 0 bridgehead atoms. The van der Waals surface area contributed by atoms with Crippen LogP contribution in [0, 0.1) is 0 Å². The molecule has 0 aromatic heterocycles. The Bertz CT molecular complexity index is 245. The van der Waals surface area contributed by atoms with Crippen molar-refractivity contribution in [2.45, 2.75) is 0 Å². The number of aromatic carboxylic acids is 1. The topological polar surface area (TPSA) is 66.2 Å². The molecule has 0 amide bonds. The van der Waals surface area contributed by atoms with E-state index in [1.165, 1.54) is 24.3 Å². The van der Waals surface area contributed by atoms with Crippen molar-refractivity contribution in [1.82, 2.24) is 0 Å². The fraction of sp³-hybridized carbons (Fsp3) is 0. The molecule has 0 aliphatic heterocycles. The molecule has 0 saturated carbocycles. The summed E-state index contributed by atoms with van der Waals surface area (Å²) in [6.45, 7) is 0. The van der Waals surface area contributed by atoms with Gasteiger partial charge in [0.05, 0.1) is 5.97 Å². The van der Waals surface area contributed by atoms with Gasteiger partial charge in [-0.3, -0.25) is 0 Å². The molecular weight excluding hydrogens is 238 g/mol. The first-order valence-corrected chi connectivity index (χ1v) is 2.77. The van der Waals surface area contributed by atoms with Crippen LogP contribution in [0.15, 0.2) is 24.3 Å². The van der Waals surface area contributed by atoms with Crippen molar-refractivity contribution in [3.63, 3.8) is 0 Å². The summed E-state index contributed by atoms with van der Waals surface area (Å²) in [4.78, 5) is 10.2. The van der Waals surface area contributed by atoms with Gasteiger partial charge >= 0.3 is 22.4 Å². The van der Waals surface area contributed by atoms with Gasteiger partial charge in [0.15, 0.2) is 0 Å². The zero-order valence-corrected chi connectivity index (χ0v) is 6.99. The zero-order valence-electron chi connectivity index (χ0n) is 5.50. The number of anilines is 1. The van der Waals surface area contributed by atoms with Crippen LogP contribution >= 0.6 is 0 Å². The summed E-state index contributed by atoms with van der Waals surface area (Å²) in [7, 11) is 0. The molecule has 0 spiro atoms. The monoisotopic (exact) mass is 243 g/mol. The smallest absolute Gasteiger partial charge is 0.545 e. The third-order valence-electron chi connectivity index (χ3n) is 1.15. The molecule has 0 saturated heterocycles. The molecule has 0 aliphatic carbocycles. The van der Waals surface area contributed by atoms with Crippen molar-refractivity contribution in [3.05, 3.63) is 29.8 Å². The van der Waals surface area contributed by atoms with Crippen LogP contribution in [0.5, 0.6) is 0 Å². The summed E-state index contributed by atoms with van der Waals surface area (Å²) in [5, 5.41) is 10.2. The second kappa shape index (κ2) is 4.18. The van der Waals surface area contributed by atoms with Crippen molar-refractivity contribution in [2.24, 2.45) is 0 Å². The van der Waals surface area contributed by atoms with Crippen molar-refractivity contribution >= 4 is 11.7 Å². The van der Waals surface area contributed by atoms with Crippen molar-refractivity contribution in [3.8, 4) is 0 Å². The molecule has 4 heteroatoms. The SMILES string of the molecule is Nc1ccc(C(=O)[O-])cc1.[Ag+]. The maximum Gasteiger partial charge on any atom is 1.00 e. The van der Waals surface area contributed by atoms with Gasteiger partial charge in [-0.1, -0.05) is 12.1 Å². The van der Waals surface area contributed by atoms with E-state index in [1.807, 2.05) is 0 Å². The van der Waals surface area contributed by atoms with Gasteiger partial charge in [-0.15, -0.1) is 0 Å². The van der Waals surface area contributed by atoms with Crippen LogP contribution in [0.3, 0.4) is 0 Å². The summed E-state index contributed by atoms with van der Waals surface area (Å²) in [5.74, 6) is -1.18. The van der Waals surface area contributed by atoms with Crippen LogP contribution in [0.4, 0.5) is 5.69 Å². The zero-order chi connectivity index (χ0) is 7.56. The Morgan fingerprint density at radius 2 is 1.73 bits per heavy atom. The van der Waals surface area contributed by atoms with Crippen LogP contribution in [-0.2, 0) is 22.4 Å². The van der Waals surface area contributed by atoms with E-state index in [0.717, 1.165) is 0 Å². The molecule has 1 rings (SSSR count). The second-order valence-electron chi connectivity index (χ2n) is 1.91. The molecule has 1 aromatic carbocycles. The number of nitrogen functional groups attached to an aromatic ring is 1. The number of benzene rings is 1. The van der Waals surface area contributed by atoms with Gasteiger partial charge in [0.1, 0.15) is 0 Å². The number of carbonyl (C=O) groups excluding carboxylic acids is 1. The number of carboxylic acids is 1. The average Bonchev–Trinajstić information content (AvgIpc) is 1.88. The van der Waals surface area contributed by atoms with E-state index >= 15 is 0 Å². The van der Waals surface area contributed by atoms with Gasteiger partial charge in [-0.2, -0.15) is 0 Å². The predicted molar refractivity (Wildman–Crippen MR) is 35.2 cm³/mol. The summed E-state index contributed by atoms with van der Waals surface area (Å²) < 4.78 is 0. The van der Waals surface area contributed by atoms with Gasteiger partial charge in [0.2, 0.25) is 0 Å². The molecule has 1 aromatic rings. The number of hydrogen-bond acceptors (Lipinski definition) is 3. The molecular formula is C7H6AgNO2. The quantitative estimate of drug-likeness (QED) is 0.541. The van der Waals surface area contributed by atoms with E-state index in [4.69, 9.17) is 5.73 Å². The number of rotatable bonds is 1. The van der Waals surface area contributed by atoms with E-state index in [1.54, 1.807) is 0 Å². The molecule has 2 N–H and O–H groups in total. The fourth-order valence-electron chi connectivity index (χ4n) is 0.619. The molecule has 0 atom stereocenters. The minimum atomic E-state index is -1.18. The van der Waals surface area contributed by atoms with E-state index in [2.05, 4.69) is 0 Å². The summed E-state index contributed by atoms with van der Waals surface area (Å²) in [6.07, 6.45) is 0. The van der Waals surface area contributed by atoms with Gasteiger partial charge in [-0.05, 0) is 17.7 Å². The number of hydrogen-bond donors (Lipinski definition) is 1. The Balaban J connectivity index is 0.000001000. The first-order chi connectivity index (χ1) is 4.70. The Labute approximate surface area is 79.7 Å². The Morgan fingerprint density at radius 3 is 2.09 bits per heavy atom. The maximum atomic E-state index is 10.2. The first-order valence-electron chi connectivity index (χ1n) is 2.77. The van der Waals surface area contributed by atoms with Crippen LogP contribution in [0.2, 0.25) is 0 Å². The number of nitrogens with two attached hydrogens (primary N) is 1. The van der Waals surface area contributed by atoms with E-state index in [-0.39, 0.29) is 27.9 Å². The molecule has 0 heterocycles. The second-order valence-corrected chi connectivity index (χ2v) is 1.91. The Hall–Kier alpha value is -0.770. The molecule has 0 unspecified atom stereocenters. The summed E-state index contributed by atoms with van der Waals surface area (Å²) in [6, 6.07) is 5.85. The Kier molecular flexibility index (Phi) is 3.89. The van der Waals surface area contributed by atoms with Crippen LogP contribution in [0.1, 0.15) is 10.4 Å². The molecule has 62 valence electrons. The third kappa shape index (κ3) is 2.76. The summed E-state index contributed by atoms with van der Waals surface area (Å²) >= 11 is 0. The van der Waals surface area contributed by atoms with Gasteiger partial charge < -0.3 is 15.6 Å². The van der Waals surface area contributed by atoms with Crippen LogP contribution in [-0.4, -0.2) is 5.97 Å².